The summed E-state index contributed by atoms with van der Waals surface area (Å²) in [6, 6.07) is 44.2. The van der Waals surface area contributed by atoms with Crippen LogP contribution < -0.4 is 0 Å². The molecule has 0 amide bonds. The lowest BCUT2D eigenvalue weighted by Crippen LogP contribution is -2.50. The van der Waals surface area contributed by atoms with Gasteiger partial charge in [-0.2, -0.15) is 0 Å². The van der Waals surface area contributed by atoms with E-state index in [0.717, 1.165) is 25.2 Å². The normalized spacial score (nSPS) is 12.1. The molecule has 0 aliphatic rings. The molecule has 0 aliphatic carbocycles. The summed E-state index contributed by atoms with van der Waals surface area (Å²) < 4.78 is 0. The molecule has 0 fully saturated rings. The minimum absolute atomic E-state index is 0.285. The first-order valence-corrected chi connectivity index (χ1v) is 13.7. The maximum absolute atomic E-state index is 4.36. The van der Waals surface area contributed by atoms with Crippen molar-refractivity contribution in [3.05, 3.63) is 156 Å². The van der Waals surface area contributed by atoms with E-state index in [1.54, 1.807) is 0 Å². The van der Waals surface area contributed by atoms with Crippen molar-refractivity contribution in [2.24, 2.45) is 0 Å². The van der Waals surface area contributed by atoms with Gasteiger partial charge in [0.05, 0.1) is 0 Å². The Morgan fingerprint density at radius 3 is 0.971 bits per heavy atom. The topological polar surface area (TPSA) is 0 Å². The minimum atomic E-state index is -0.285. The Hall–Kier alpha value is -2.26. The Morgan fingerprint density at radius 1 is 0.500 bits per heavy atom. The second-order valence-electron chi connectivity index (χ2n) is 8.77. The molecular formula is C32H34P2. The van der Waals surface area contributed by atoms with Gasteiger partial charge < -0.3 is 0 Å². The molecule has 0 heterocycles. The average Bonchev–Trinajstić information content (AvgIpc) is 2.93. The second-order valence-corrected chi connectivity index (χ2v) is 9.58. The summed E-state index contributed by atoms with van der Waals surface area (Å²) in [5, 5.41) is 0. The van der Waals surface area contributed by atoms with Gasteiger partial charge in [-0.1, -0.05) is 135 Å². The molecule has 2 heteroatoms. The van der Waals surface area contributed by atoms with Crippen LogP contribution in [-0.4, -0.2) is 12.3 Å². The highest BCUT2D eigenvalue weighted by Gasteiger charge is 2.52. The second kappa shape index (κ2) is 11.4. The minimum Gasteiger partial charge on any atom is -0.136 e. The zero-order valence-corrected chi connectivity index (χ0v) is 22.0. The Bertz CT molecular complexity index is 955. The van der Waals surface area contributed by atoms with E-state index < -0.39 is 0 Å². The van der Waals surface area contributed by atoms with Crippen molar-refractivity contribution in [1.29, 1.82) is 0 Å². The zero-order chi connectivity index (χ0) is 23.9. The van der Waals surface area contributed by atoms with Crippen molar-refractivity contribution in [2.75, 3.05) is 12.3 Å². The molecule has 0 N–H and O–H groups in total. The van der Waals surface area contributed by atoms with Crippen LogP contribution in [0.4, 0.5) is 0 Å². The van der Waals surface area contributed by atoms with Gasteiger partial charge in [0.1, 0.15) is 0 Å². The number of benzene rings is 4. The van der Waals surface area contributed by atoms with Crippen molar-refractivity contribution >= 4 is 18.5 Å². The van der Waals surface area contributed by atoms with Gasteiger partial charge in [-0.25, -0.2) is 0 Å². The predicted molar refractivity (Wildman–Crippen MR) is 154 cm³/mol. The number of hydrogen-bond donors (Lipinski definition) is 0. The molecule has 4 aromatic carbocycles. The van der Waals surface area contributed by atoms with Crippen LogP contribution in [0.25, 0.3) is 0 Å². The van der Waals surface area contributed by atoms with E-state index in [4.69, 9.17) is 0 Å². The monoisotopic (exact) mass is 480 g/mol. The lowest BCUT2D eigenvalue weighted by atomic mass is 9.53. The van der Waals surface area contributed by atoms with Crippen LogP contribution in [0.5, 0.6) is 0 Å². The number of rotatable bonds is 10. The quantitative estimate of drug-likeness (QED) is 0.202. The summed E-state index contributed by atoms with van der Waals surface area (Å²) in [4.78, 5) is 0. The highest BCUT2D eigenvalue weighted by atomic mass is 31.0. The standard InChI is InChI=1S/C32H34P2/c1-2-15-30(31(24-33,26-16-7-3-8-17-26)27-18-9-4-10-19-27)32(25-34,28-20-11-5-12-21-28)29-22-13-6-14-23-29/h3-14,16-23H,1-2,15,24-25,33-34H2. The fourth-order valence-electron chi connectivity index (χ4n) is 5.61. The van der Waals surface area contributed by atoms with Crippen molar-refractivity contribution in [3.8, 4) is 0 Å². The Kier molecular flexibility index (Phi) is 8.37. The summed E-state index contributed by atoms with van der Waals surface area (Å²) in [7, 11) is 6.19. The summed E-state index contributed by atoms with van der Waals surface area (Å²) >= 11 is 0. The Labute approximate surface area is 210 Å². The summed E-state index contributed by atoms with van der Waals surface area (Å²) in [6.07, 6.45) is 3.55. The van der Waals surface area contributed by atoms with E-state index in [2.05, 4.69) is 147 Å². The summed E-state index contributed by atoms with van der Waals surface area (Å²) in [5.41, 5.74) is 4.74. The van der Waals surface area contributed by atoms with Gasteiger partial charge in [0, 0.05) is 16.7 Å². The molecule has 172 valence electrons. The molecular weight excluding hydrogens is 446 g/mol. The fraction of sp³-hybridized carbons (Fsp3) is 0.188. The van der Waals surface area contributed by atoms with Gasteiger partial charge in [0.2, 0.25) is 0 Å². The van der Waals surface area contributed by atoms with E-state index in [9.17, 15) is 0 Å². The molecule has 2 radical (unpaired) electrons. The fourth-order valence-corrected chi connectivity index (χ4v) is 7.04. The van der Waals surface area contributed by atoms with Crippen LogP contribution in [-0.2, 0) is 10.8 Å². The molecule has 0 nitrogen and oxygen atoms in total. The van der Waals surface area contributed by atoms with Crippen LogP contribution in [0.1, 0.15) is 35.1 Å². The van der Waals surface area contributed by atoms with Crippen molar-refractivity contribution in [3.63, 3.8) is 0 Å². The van der Waals surface area contributed by atoms with Crippen LogP contribution in [0.3, 0.4) is 0 Å². The highest BCUT2D eigenvalue weighted by Crippen LogP contribution is 2.56. The molecule has 0 bridgehead atoms. The molecule has 34 heavy (non-hydrogen) atoms. The molecule has 0 spiro atoms. The SMILES string of the molecule is [CH2]CC[C](C(CP)(c1ccccc1)c1ccccc1)C(CP)(c1ccccc1)c1ccccc1. The lowest BCUT2D eigenvalue weighted by molar-refractivity contribution is 0.420. The van der Waals surface area contributed by atoms with E-state index in [1.807, 2.05) is 0 Å². The van der Waals surface area contributed by atoms with E-state index >= 15 is 0 Å². The molecule has 4 aromatic rings. The summed E-state index contributed by atoms with van der Waals surface area (Å²) in [5.74, 6) is 1.50. The van der Waals surface area contributed by atoms with Crippen molar-refractivity contribution < 1.29 is 0 Å². The zero-order valence-electron chi connectivity index (χ0n) is 19.7. The molecule has 2 unspecified atom stereocenters. The van der Waals surface area contributed by atoms with E-state index in [-0.39, 0.29) is 10.8 Å². The smallest absolute Gasteiger partial charge is 0.0311 e. The van der Waals surface area contributed by atoms with E-state index in [1.165, 1.54) is 28.2 Å². The molecule has 4 rings (SSSR count). The van der Waals surface area contributed by atoms with Crippen LogP contribution >= 0.6 is 18.5 Å². The van der Waals surface area contributed by atoms with Gasteiger partial charge in [0.25, 0.3) is 0 Å². The van der Waals surface area contributed by atoms with E-state index in [0.29, 0.717) is 0 Å². The third-order valence-corrected chi connectivity index (χ3v) is 8.36. The molecule has 0 aliphatic heterocycles. The van der Waals surface area contributed by atoms with Crippen molar-refractivity contribution in [2.45, 2.75) is 23.7 Å². The molecule has 0 saturated carbocycles. The van der Waals surface area contributed by atoms with Gasteiger partial charge in [-0.3, -0.25) is 0 Å². The van der Waals surface area contributed by atoms with Gasteiger partial charge in [-0.05, 0) is 41.0 Å². The largest absolute Gasteiger partial charge is 0.136 e. The first-order chi connectivity index (χ1) is 16.7. The molecule has 2 atom stereocenters. The number of hydrogen-bond acceptors (Lipinski definition) is 0. The Morgan fingerprint density at radius 2 is 0.765 bits per heavy atom. The maximum atomic E-state index is 4.36. The highest BCUT2D eigenvalue weighted by molar-refractivity contribution is 7.17. The predicted octanol–water partition coefficient (Wildman–Crippen LogP) is 7.90. The van der Waals surface area contributed by atoms with Crippen LogP contribution in [0.2, 0.25) is 0 Å². The van der Waals surface area contributed by atoms with Crippen molar-refractivity contribution in [1.82, 2.24) is 0 Å². The lowest BCUT2D eigenvalue weighted by Gasteiger charge is -2.52. The first-order valence-electron chi connectivity index (χ1n) is 12.0. The Balaban J connectivity index is 2.11. The third-order valence-electron chi connectivity index (χ3n) is 7.14. The maximum Gasteiger partial charge on any atom is 0.0311 e. The van der Waals surface area contributed by atoms with Crippen LogP contribution in [0, 0.1) is 12.8 Å². The van der Waals surface area contributed by atoms with Gasteiger partial charge in [0.15, 0.2) is 0 Å². The van der Waals surface area contributed by atoms with Gasteiger partial charge in [-0.15, -0.1) is 18.5 Å². The average molecular weight is 481 g/mol. The summed E-state index contributed by atoms with van der Waals surface area (Å²) in [6.45, 7) is 4.36. The molecule has 0 saturated heterocycles. The van der Waals surface area contributed by atoms with Crippen LogP contribution in [0.15, 0.2) is 121 Å². The van der Waals surface area contributed by atoms with Gasteiger partial charge >= 0.3 is 0 Å². The first kappa shape index (κ1) is 24.9. The third kappa shape index (κ3) is 4.40. The molecule has 0 aromatic heterocycles.